The van der Waals surface area contributed by atoms with E-state index in [1.54, 1.807) is 36.0 Å². The fourth-order valence-corrected chi connectivity index (χ4v) is 2.54. The molecule has 1 unspecified atom stereocenters. The van der Waals surface area contributed by atoms with E-state index in [4.69, 9.17) is 9.47 Å². The van der Waals surface area contributed by atoms with Crippen LogP contribution in [0.1, 0.15) is 18.7 Å². The lowest BCUT2D eigenvalue weighted by molar-refractivity contribution is -0.119. The second-order valence-corrected chi connectivity index (χ2v) is 5.90. The van der Waals surface area contributed by atoms with Crippen molar-refractivity contribution in [2.24, 2.45) is 0 Å². The minimum absolute atomic E-state index is 0.143. The second-order valence-electron chi connectivity index (χ2n) is 5.05. The number of aromatic nitrogens is 2. The summed E-state index contributed by atoms with van der Waals surface area (Å²) in [5.41, 5.74) is 1.58. The van der Waals surface area contributed by atoms with Gasteiger partial charge in [0.15, 0.2) is 11.5 Å². The SMILES string of the molecule is Cc1c(Br)cnn1C(C)C(=O)Nc1ccc2c(c1)OCCO2. The molecule has 1 N–H and O–H groups in total. The number of carbonyl (C=O) groups excluding carboxylic acids is 1. The summed E-state index contributed by atoms with van der Waals surface area (Å²) in [4.78, 5) is 12.4. The highest BCUT2D eigenvalue weighted by Crippen LogP contribution is 2.32. The summed E-state index contributed by atoms with van der Waals surface area (Å²) in [6.07, 6.45) is 1.68. The molecular formula is C15H16BrN3O3. The van der Waals surface area contributed by atoms with E-state index in [0.717, 1.165) is 10.2 Å². The minimum Gasteiger partial charge on any atom is -0.486 e. The number of nitrogens with zero attached hydrogens (tertiary/aromatic N) is 2. The summed E-state index contributed by atoms with van der Waals surface area (Å²) < 4.78 is 13.5. The zero-order valence-electron chi connectivity index (χ0n) is 12.3. The van der Waals surface area contributed by atoms with Crippen molar-refractivity contribution in [3.63, 3.8) is 0 Å². The Kier molecular flexibility index (Phi) is 4.06. The first-order valence-corrected chi connectivity index (χ1v) is 7.75. The fraction of sp³-hybridized carbons (Fsp3) is 0.333. The molecule has 0 spiro atoms. The normalized spacial score (nSPS) is 14.5. The van der Waals surface area contributed by atoms with Crippen molar-refractivity contribution in [2.75, 3.05) is 18.5 Å². The molecule has 3 rings (SSSR count). The van der Waals surface area contributed by atoms with Crippen molar-refractivity contribution in [3.8, 4) is 11.5 Å². The maximum Gasteiger partial charge on any atom is 0.248 e. The molecule has 0 fully saturated rings. The van der Waals surface area contributed by atoms with E-state index >= 15 is 0 Å². The zero-order chi connectivity index (χ0) is 15.7. The van der Waals surface area contributed by atoms with Crippen LogP contribution in [0.5, 0.6) is 11.5 Å². The molecule has 0 saturated carbocycles. The Bertz CT molecular complexity index is 714. The molecule has 1 aromatic carbocycles. The van der Waals surface area contributed by atoms with Gasteiger partial charge in [-0.2, -0.15) is 5.10 Å². The van der Waals surface area contributed by atoms with Gasteiger partial charge in [0.1, 0.15) is 19.3 Å². The van der Waals surface area contributed by atoms with Crippen molar-refractivity contribution >= 4 is 27.5 Å². The van der Waals surface area contributed by atoms with Crippen LogP contribution in [0.25, 0.3) is 0 Å². The third-order valence-corrected chi connectivity index (χ3v) is 4.32. The van der Waals surface area contributed by atoms with Crippen molar-refractivity contribution in [1.29, 1.82) is 0 Å². The number of rotatable bonds is 3. The van der Waals surface area contributed by atoms with Crippen LogP contribution in [0.4, 0.5) is 5.69 Å². The number of benzene rings is 1. The molecule has 0 radical (unpaired) electrons. The van der Waals surface area contributed by atoms with Crippen molar-refractivity contribution < 1.29 is 14.3 Å². The second kappa shape index (κ2) is 6.00. The first-order chi connectivity index (χ1) is 10.6. The molecule has 0 bridgehead atoms. The third-order valence-electron chi connectivity index (χ3n) is 3.54. The number of carbonyl (C=O) groups is 1. The predicted octanol–water partition coefficient (Wildman–Crippen LogP) is 2.92. The number of nitrogens with one attached hydrogen (secondary N) is 1. The summed E-state index contributed by atoms with van der Waals surface area (Å²) >= 11 is 3.40. The van der Waals surface area contributed by atoms with Gasteiger partial charge < -0.3 is 14.8 Å². The van der Waals surface area contributed by atoms with Crippen LogP contribution >= 0.6 is 15.9 Å². The van der Waals surface area contributed by atoms with E-state index in [9.17, 15) is 4.79 Å². The smallest absolute Gasteiger partial charge is 0.248 e. The van der Waals surface area contributed by atoms with Gasteiger partial charge in [-0.05, 0) is 41.9 Å². The molecule has 1 aliphatic rings. The zero-order valence-corrected chi connectivity index (χ0v) is 13.9. The summed E-state index contributed by atoms with van der Waals surface area (Å²) in [6, 6.07) is 4.94. The van der Waals surface area contributed by atoms with Crippen LogP contribution in [0.15, 0.2) is 28.9 Å². The van der Waals surface area contributed by atoms with Gasteiger partial charge in [0, 0.05) is 11.8 Å². The molecule has 6 nitrogen and oxygen atoms in total. The Morgan fingerprint density at radius 1 is 1.36 bits per heavy atom. The van der Waals surface area contributed by atoms with Crippen LogP contribution in [-0.4, -0.2) is 28.9 Å². The highest BCUT2D eigenvalue weighted by Gasteiger charge is 2.19. The molecule has 22 heavy (non-hydrogen) atoms. The van der Waals surface area contributed by atoms with E-state index in [-0.39, 0.29) is 5.91 Å². The third kappa shape index (κ3) is 2.81. The first kappa shape index (κ1) is 14.9. The van der Waals surface area contributed by atoms with Gasteiger partial charge in [0.2, 0.25) is 5.91 Å². The number of ether oxygens (including phenoxy) is 2. The van der Waals surface area contributed by atoms with E-state index in [1.807, 2.05) is 6.92 Å². The van der Waals surface area contributed by atoms with Gasteiger partial charge in [0.05, 0.1) is 16.4 Å². The first-order valence-electron chi connectivity index (χ1n) is 6.96. The van der Waals surface area contributed by atoms with E-state index < -0.39 is 6.04 Å². The maximum atomic E-state index is 12.4. The molecule has 116 valence electrons. The molecule has 0 saturated heterocycles. The molecular weight excluding hydrogens is 350 g/mol. The Labute approximate surface area is 136 Å². The number of hydrogen-bond donors (Lipinski definition) is 1. The van der Waals surface area contributed by atoms with Crippen LogP contribution in [0.3, 0.4) is 0 Å². The predicted molar refractivity (Wildman–Crippen MR) is 85.4 cm³/mol. The number of anilines is 1. The van der Waals surface area contributed by atoms with Crippen molar-refractivity contribution in [2.45, 2.75) is 19.9 Å². The molecule has 0 aliphatic carbocycles. The lowest BCUT2D eigenvalue weighted by atomic mass is 10.2. The monoisotopic (exact) mass is 365 g/mol. The molecule has 7 heteroatoms. The minimum atomic E-state index is -0.417. The number of fused-ring (bicyclic) bond motifs is 1. The molecule has 1 aliphatic heterocycles. The number of hydrogen-bond acceptors (Lipinski definition) is 4. The van der Waals surface area contributed by atoms with Gasteiger partial charge in [-0.15, -0.1) is 0 Å². The quantitative estimate of drug-likeness (QED) is 0.907. The Morgan fingerprint density at radius 3 is 2.77 bits per heavy atom. The van der Waals surface area contributed by atoms with Gasteiger partial charge in [-0.1, -0.05) is 0 Å². The van der Waals surface area contributed by atoms with E-state index in [0.29, 0.717) is 30.4 Å². The van der Waals surface area contributed by atoms with Crippen molar-refractivity contribution in [3.05, 3.63) is 34.6 Å². The largest absolute Gasteiger partial charge is 0.486 e. The Hall–Kier alpha value is -2.02. The van der Waals surface area contributed by atoms with Gasteiger partial charge in [-0.3, -0.25) is 9.48 Å². The van der Waals surface area contributed by atoms with Crippen LogP contribution in [0.2, 0.25) is 0 Å². The highest BCUT2D eigenvalue weighted by atomic mass is 79.9. The molecule has 2 aromatic rings. The standard InChI is InChI=1S/C15H16BrN3O3/c1-9-12(16)8-17-19(9)10(2)15(20)18-11-3-4-13-14(7-11)22-6-5-21-13/h3-4,7-8,10H,5-6H2,1-2H3,(H,18,20). The van der Waals surface area contributed by atoms with Gasteiger partial charge in [0.25, 0.3) is 0 Å². The van der Waals surface area contributed by atoms with Crippen LogP contribution < -0.4 is 14.8 Å². The van der Waals surface area contributed by atoms with E-state index in [1.165, 1.54) is 0 Å². The van der Waals surface area contributed by atoms with Gasteiger partial charge >= 0.3 is 0 Å². The molecule has 1 amide bonds. The van der Waals surface area contributed by atoms with Crippen molar-refractivity contribution in [1.82, 2.24) is 9.78 Å². The van der Waals surface area contributed by atoms with Gasteiger partial charge in [-0.25, -0.2) is 0 Å². The Balaban J connectivity index is 1.75. The molecule has 1 atom stereocenters. The highest BCUT2D eigenvalue weighted by molar-refractivity contribution is 9.10. The maximum absolute atomic E-state index is 12.4. The fourth-order valence-electron chi connectivity index (χ4n) is 2.27. The topological polar surface area (TPSA) is 65.4 Å². The Morgan fingerprint density at radius 2 is 2.09 bits per heavy atom. The molecule has 1 aromatic heterocycles. The van der Waals surface area contributed by atoms with E-state index in [2.05, 4.69) is 26.3 Å². The van der Waals surface area contributed by atoms with Crippen LogP contribution in [0, 0.1) is 6.92 Å². The number of halogens is 1. The lowest BCUT2D eigenvalue weighted by Crippen LogP contribution is -2.25. The average molecular weight is 366 g/mol. The summed E-state index contributed by atoms with van der Waals surface area (Å²) in [5.74, 6) is 1.20. The summed E-state index contributed by atoms with van der Waals surface area (Å²) in [6.45, 7) is 4.77. The molecule has 2 heterocycles. The summed E-state index contributed by atoms with van der Waals surface area (Å²) in [5, 5.41) is 7.09. The van der Waals surface area contributed by atoms with Crippen LogP contribution in [-0.2, 0) is 4.79 Å². The number of amides is 1. The lowest BCUT2D eigenvalue weighted by Gasteiger charge is -2.20. The summed E-state index contributed by atoms with van der Waals surface area (Å²) in [7, 11) is 0. The average Bonchev–Trinajstić information content (AvgIpc) is 2.86.